The lowest BCUT2D eigenvalue weighted by Crippen LogP contribution is -2.33. The van der Waals surface area contributed by atoms with E-state index in [1.165, 1.54) is 5.56 Å². The standard InChI is InChI=1S/C16H15N3O/c1-18-12-8-14(17)16-15(9-12)20-10-13(19-16)7-11-5-3-2-4-6-11/h2-6,8-9,13,19H,7,10,17H2/t13-/m0/s1. The Balaban J connectivity index is 1.81. The van der Waals surface area contributed by atoms with E-state index in [1.54, 1.807) is 12.1 Å². The first-order chi connectivity index (χ1) is 9.76. The van der Waals surface area contributed by atoms with Crippen molar-refractivity contribution < 1.29 is 4.74 Å². The fourth-order valence-electron chi connectivity index (χ4n) is 2.40. The molecule has 3 N–H and O–H groups in total. The van der Waals surface area contributed by atoms with Gasteiger partial charge in [0.2, 0.25) is 0 Å². The quantitative estimate of drug-likeness (QED) is 0.647. The van der Waals surface area contributed by atoms with Gasteiger partial charge in [0, 0.05) is 5.69 Å². The van der Waals surface area contributed by atoms with Crippen LogP contribution in [0.25, 0.3) is 4.85 Å². The second-order valence-corrected chi connectivity index (χ2v) is 4.86. The number of benzene rings is 2. The molecule has 100 valence electrons. The maximum absolute atomic E-state index is 7.04. The predicted molar refractivity (Wildman–Crippen MR) is 80.2 cm³/mol. The first kappa shape index (κ1) is 12.4. The Morgan fingerprint density at radius 2 is 2.10 bits per heavy atom. The van der Waals surface area contributed by atoms with Crippen molar-refractivity contribution in [2.75, 3.05) is 17.7 Å². The van der Waals surface area contributed by atoms with Gasteiger partial charge < -0.3 is 15.8 Å². The summed E-state index contributed by atoms with van der Waals surface area (Å²) >= 11 is 0. The van der Waals surface area contributed by atoms with Gasteiger partial charge in [0.05, 0.1) is 18.3 Å². The van der Waals surface area contributed by atoms with Crippen LogP contribution < -0.4 is 15.8 Å². The molecule has 3 rings (SSSR count). The molecular formula is C16H15N3O. The summed E-state index contributed by atoms with van der Waals surface area (Å²) in [6.07, 6.45) is 0.879. The lowest BCUT2D eigenvalue weighted by Gasteiger charge is -2.29. The van der Waals surface area contributed by atoms with Crippen LogP contribution in [-0.4, -0.2) is 12.6 Å². The average Bonchev–Trinajstić information content (AvgIpc) is 2.48. The molecule has 20 heavy (non-hydrogen) atoms. The first-order valence-electron chi connectivity index (χ1n) is 6.50. The van der Waals surface area contributed by atoms with Gasteiger partial charge in [-0.05, 0) is 24.1 Å². The van der Waals surface area contributed by atoms with Crippen molar-refractivity contribution in [3.63, 3.8) is 0 Å². The number of hydrogen-bond donors (Lipinski definition) is 2. The number of nitrogens with two attached hydrogens (primary N) is 1. The summed E-state index contributed by atoms with van der Waals surface area (Å²) in [7, 11) is 0. The van der Waals surface area contributed by atoms with Gasteiger partial charge in [-0.3, -0.25) is 0 Å². The number of nitrogens with zero attached hydrogens (tertiary/aromatic N) is 1. The van der Waals surface area contributed by atoms with Crippen molar-refractivity contribution in [2.45, 2.75) is 12.5 Å². The Morgan fingerprint density at radius 1 is 1.30 bits per heavy atom. The van der Waals surface area contributed by atoms with Crippen molar-refractivity contribution in [1.29, 1.82) is 0 Å². The SMILES string of the molecule is [C-]#[N+]c1cc(N)c2c(c1)OC[C@H](Cc1ccccc1)N2. The molecule has 1 aliphatic rings. The topological polar surface area (TPSA) is 51.6 Å². The summed E-state index contributed by atoms with van der Waals surface area (Å²) in [4.78, 5) is 3.39. The van der Waals surface area contributed by atoms with Gasteiger partial charge in [-0.15, -0.1) is 0 Å². The van der Waals surface area contributed by atoms with Crippen LogP contribution in [0.15, 0.2) is 42.5 Å². The Hall–Kier alpha value is -2.67. The van der Waals surface area contributed by atoms with Crippen LogP contribution >= 0.6 is 0 Å². The number of nitrogens with one attached hydrogen (secondary N) is 1. The minimum Gasteiger partial charge on any atom is -0.491 e. The van der Waals surface area contributed by atoms with Gasteiger partial charge in [0.15, 0.2) is 5.69 Å². The molecule has 2 aromatic rings. The molecule has 0 spiro atoms. The third kappa shape index (κ3) is 2.39. The highest BCUT2D eigenvalue weighted by molar-refractivity contribution is 5.79. The molecule has 0 saturated heterocycles. The molecule has 0 bridgehead atoms. The summed E-state index contributed by atoms with van der Waals surface area (Å²) in [5, 5.41) is 3.41. The van der Waals surface area contributed by atoms with E-state index in [0.29, 0.717) is 23.7 Å². The van der Waals surface area contributed by atoms with Gasteiger partial charge in [-0.2, -0.15) is 0 Å². The molecule has 0 aromatic heterocycles. The summed E-state index contributed by atoms with van der Waals surface area (Å²) < 4.78 is 5.75. The van der Waals surface area contributed by atoms with E-state index in [1.807, 2.05) is 18.2 Å². The molecular weight excluding hydrogens is 250 g/mol. The van der Waals surface area contributed by atoms with Crippen LogP contribution in [0.4, 0.5) is 17.1 Å². The predicted octanol–water partition coefficient (Wildman–Crippen LogP) is 3.24. The molecule has 1 aliphatic heterocycles. The number of nitrogen functional groups attached to an aromatic ring is 1. The van der Waals surface area contributed by atoms with Crippen molar-refractivity contribution in [1.82, 2.24) is 0 Å². The van der Waals surface area contributed by atoms with E-state index in [2.05, 4.69) is 22.3 Å². The van der Waals surface area contributed by atoms with E-state index >= 15 is 0 Å². The van der Waals surface area contributed by atoms with E-state index in [0.717, 1.165) is 12.1 Å². The third-order valence-corrected chi connectivity index (χ3v) is 3.36. The number of hydrogen-bond acceptors (Lipinski definition) is 3. The van der Waals surface area contributed by atoms with Crippen LogP contribution in [0.1, 0.15) is 5.56 Å². The zero-order valence-electron chi connectivity index (χ0n) is 11.0. The molecule has 0 saturated carbocycles. The molecule has 2 aromatic carbocycles. The second kappa shape index (κ2) is 5.14. The number of anilines is 2. The highest BCUT2D eigenvalue weighted by atomic mass is 16.5. The molecule has 1 heterocycles. The lowest BCUT2D eigenvalue weighted by molar-refractivity contribution is 0.284. The van der Waals surface area contributed by atoms with Crippen molar-refractivity contribution in [2.24, 2.45) is 0 Å². The van der Waals surface area contributed by atoms with Crippen molar-refractivity contribution in [3.05, 3.63) is 59.4 Å². The lowest BCUT2D eigenvalue weighted by atomic mass is 10.0. The monoisotopic (exact) mass is 265 g/mol. The van der Waals surface area contributed by atoms with Crippen LogP contribution in [0.3, 0.4) is 0 Å². The van der Waals surface area contributed by atoms with E-state index in [4.69, 9.17) is 17.0 Å². The smallest absolute Gasteiger partial charge is 0.193 e. The first-order valence-corrected chi connectivity index (χ1v) is 6.50. The highest BCUT2D eigenvalue weighted by Gasteiger charge is 2.21. The van der Waals surface area contributed by atoms with Crippen LogP contribution in [0.2, 0.25) is 0 Å². The van der Waals surface area contributed by atoms with Crippen molar-refractivity contribution >= 4 is 17.1 Å². The fourth-order valence-corrected chi connectivity index (χ4v) is 2.40. The average molecular weight is 265 g/mol. The molecule has 0 unspecified atom stereocenters. The van der Waals surface area contributed by atoms with Gasteiger partial charge in [0.1, 0.15) is 12.4 Å². The minimum absolute atomic E-state index is 0.186. The largest absolute Gasteiger partial charge is 0.491 e. The number of fused-ring (bicyclic) bond motifs is 1. The Bertz CT molecular complexity index is 661. The highest BCUT2D eigenvalue weighted by Crippen LogP contribution is 2.38. The molecule has 0 radical (unpaired) electrons. The third-order valence-electron chi connectivity index (χ3n) is 3.36. The Kier molecular flexibility index (Phi) is 3.18. The van der Waals surface area contributed by atoms with E-state index < -0.39 is 0 Å². The number of rotatable bonds is 2. The summed E-state index contributed by atoms with van der Waals surface area (Å²) in [6.45, 7) is 7.61. The van der Waals surface area contributed by atoms with Gasteiger partial charge in [-0.1, -0.05) is 30.3 Å². The van der Waals surface area contributed by atoms with E-state index in [9.17, 15) is 0 Å². The van der Waals surface area contributed by atoms with Gasteiger partial charge >= 0.3 is 0 Å². The van der Waals surface area contributed by atoms with Gasteiger partial charge in [0.25, 0.3) is 0 Å². The van der Waals surface area contributed by atoms with Crippen LogP contribution in [0, 0.1) is 6.57 Å². The van der Waals surface area contributed by atoms with Crippen molar-refractivity contribution in [3.8, 4) is 5.75 Å². The maximum atomic E-state index is 7.04. The summed E-state index contributed by atoms with van der Waals surface area (Å²) in [5.41, 5.74) is 9.11. The second-order valence-electron chi connectivity index (χ2n) is 4.86. The number of ether oxygens (including phenoxy) is 1. The maximum Gasteiger partial charge on any atom is 0.193 e. The molecule has 0 aliphatic carbocycles. The Morgan fingerprint density at radius 3 is 2.85 bits per heavy atom. The van der Waals surface area contributed by atoms with Gasteiger partial charge in [-0.25, -0.2) is 4.85 Å². The molecule has 4 nitrogen and oxygen atoms in total. The van der Waals surface area contributed by atoms with E-state index in [-0.39, 0.29) is 6.04 Å². The normalized spacial score (nSPS) is 16.4. The molecule has 4 heteroatoms. The zero-order chi connectivity index (χ0) is 13.9. The molecule has 0 fully saturated rings. The van der Waals surface area contributed by atoms with Crippen LogP contribution in [0.5, 0.6) is 5.75 Å². The zero-order valence-corrected chi connectivity index (χ0v) is 11.0. The molecule has 1 atom stereocenters. The summed E-state index contributed by atoms with van der Waals surface area (Å²) in [5.74, 6) is 0.667. The Labute approximate surface area is 118 Å². The molecule has 0 amide bonds. The fraction of sp³-hybridized carbons (Fsp3) is 0.188. The minimum atomic E-state index is 0.186. The van der Waals surface area contributed by atoms with Crippen LogP contribution in [-0.2, 0) is 6.42 Å². The summed E-state index contributed by atoms with van der Waals surface area (Å²) in [6, 6.07) is 13.9.